The summed E-state index contributed by atoms with van der Waals surface area (Å²) in [7, 11) is -3.93. The molecular formula is C17H21N4O8P. The lowest BCUT2D eigenvalue weighted by atomic mass is 10.1. The zero-order valence-corrected chi connectivity index (χ0v) is 16.6. The lowest BCUT2D eigenvalue weighted by Gasteiger charge is -2.29. The molecule has 13 heteroatoms. The molecule has 0 radical (unpaired) electrons. The Kier molecular flexibility index (Phi) is 5.98. The summed E-state index contributed by atoms with van der Waals surface area (Å²) in [6.45, 7) is -0.248. The largest absolute Gasteiger partial charge is 0.475 e. The highest BCUT2D eigenvalue weighted by Crippen LogP contribution is 2.57. The first-order valence-corrected chi connectivity index (χ1v) is 10.7. The normalized spacial score (nSPS) is 34.1. The van der Waals surface area contributed by atoms with Crippen LogP contribution in [-0.4, -0.2) is 56.3 Å². The van der Waals surface area contributed by atoms with Crippen molar-refractivity contribution in [2.75, 3.05) is 18.9 Å². The van der Waals surface area contributed by atoms with Crippen molar-refractivity contribution in [2.45, 2.75) is 37.1 Å². The smallest absolute Gasteiger partial charge is 0.387 e. The number of pyridine rings is 1. The van der Waals surface area contributed by atoms with Crippen molar-refractivity contribution in [3.63, 3.8) is 0 Å². The molecule has 0 spiro atoms. The Labute approximate surface area is 170 Å². The van der Waals surface area contributed by atoms with Crippen LogP contribution < -0.4 is 11.4 Å². The van der Waals surface area contributed by atoms with Gasteiger partial charge in [-0.05, 0) is 23.8 Å². The SMILES string of the molecule is Nc1ccn(C2O[C@H](COP3(=O)OCCC(c4ccncc4)O3)[C@@H](O)[C@@H]2O)c(=O)n1. The van der Waals surface area contributed by atoms with Crippen LogP contribution in [0, 0.1) is 0 Å². The van der Waals surface area contributed by atoms with Crippen LogP contribution >= 0.6 is 7.82 Å². The molecule has 0 aromatic carbocycles. The molecule has 30 heavy (non-hydrogen) atoms. The highest BCUT2D eigenvalue weighted by molar-refractivity contribution is 7.48. The van der Waals surface area contributed by atoms with Gasteiger partial charge in [-0.1, -0.05) is 0 Å². The fourth-order valence-electron chi connectivity index (χ4n) is 3.26. The summed E-state index contributed by atoms with van der Waals surface area (Å²) in [6.07, 6.45) is -0.693. The summed E-state index contributed by atoms with van der Waals surface area (Å²) in [5.41, 5.74) is 5.48. The quantitative estimate of drug-likeness (QED) is 0.541. The van der Waals surface area contributed by atoms with E-state index in [1.807, 2.05) is 0 Å². The van der Waals surface area contributed by atoms with Crippen molar-refractivity contribution in [1.29, 1.82) is 0 Å². The van der Waals surface area contributed by atoms with Gasteiger partial charge in [0.05, 0.1) is 19.3 Å². The number of hydrogen-bond acceptors (Lipinski definition) is 11. The van der Waals surface area contributed by atoms with E-state index in [4.69, 9.17) is 24.0 Å². The number of aliphatic hydroxyl groups excluding tert-OH is 2. The number of nitrogens with two attached hydrogens (primary N) is 1. The van der Waals surface area contributed by atoms with Crippen LogP contribution in [0.1, 0.15) is 24.3 Å². The van der Waals surface area contributed by atoms with Crippen molar-refractivity contribution < 1.29 is 33.1 Å². The van der Waals surface area contributed by atoms with Gasteiger partial charge < -0.3 is 20.7 Å². The number of aliphatic hydroxyl groups is 2. The second-order valence-corrected chi connectivity index (χ2v) is 8.45. The molecule has 0 aliphatic carbocycles. The van der Waals surface area contributed by atoms with Gasteiger partial charge in [-0.3, -0.25) is 23.1 Å². The van der Waals surface area contributed by atoms with Crippen molar-refractivity contribution in [3.8, 4) is 0 Å². The standard InChI is InChI=1S/C17H21N4O8P/c18-13-3-7-21(17(24)20-13)16-15(23)14(22)12(28-16)9-27-30(25)26-8-4-11(29-30)10-1-5-19-6-2-10/h1-3,5-7,11-12,14-16,22-23H,4,8-9H2,(H2,18,20,24)/t11?,12-,14-,15+,16?,30?/m1/s1. The van der Waals surface area contributed by atoms with Gasteiger partial charge in [0.15, 0.2) is 6.23 Å². The van der Waals surface area contributed by atoms with Crippen LogP contribution in [0.4, 0.5) is 5.82 Å². The van der Waals surface area contributed by atoms with Crippen molar-refractivity contribution in [1.82, 2.24) is 14.5 Å². The van der Waals surface area contributed by atoms with Gasteiger partial charge in [-0.15, -0.1) is 0 Å². The lowest BCUT2D eigenvalue weighted by molar-refractivity contribution is -0.0609. The molecule has 0 amide bonds. The van der Waals surface area contributed by atoms with Crippen LogP contribution in [0.25, 0.3) is 0 Å². The van der Waals surface area contributed by atoms with Gasteiger partial charge in [-0.2, -0.15) is 4.98 Å². The fourth-order valence-corrected chi connectivity index (χ4v) is 4.66. The molecule has 2 aliphatic rings. The number of hydrogen-bond donors (Lipinski definition) is 3. The zero-order valence-electron chi connectivity index (χ0n) is 15.7. The van der Waals surface area contributed by atoms with E-state index in [9.17, 15) is 19.6 Å². The Morgan fingerprint density at radius 1 is 1.27 bits per heavy atom. The molecule has 4 rings (SSSR count). The number of phosphoric ester groups is 1. The second-order valence-electron chi connectivity index (χ2n) is 6.83. The second kappa shape index (κ2) is 8.52. The first-order chi connectivity index (χ1) is 14.4. The Morgan fingerprint density at radius 3 is 2.77 bits per heavy atom. The van der Waals surface area contributed by atoms with E-state index in [-0.39, 0.29) is 12.4 Å². The summed E-state index contributed by atoms with van der Waals surface area (Å²) in [6, 6.07) is 4.84. The minimum Gasteiger partial charge on any atom is -0.387 e. The lowest BCUT2D eigenvalue weighted by Crippen LogP contribution is -2.36. The van der Waals surface area contributed by atoms with E-state index in [1.165, 1.54) is 12.3 Å². The molecule has 12 nitrogen and oxygen atoms in total. The average molecular weight is 440 g/mol. The molecule has 4 N–H and O–H groups in total. The highest BCUT2D eigenvalue weighted by atomic mass is 31.2. The maximum atomic E-state index is 12.8. The molecule has 2 fully saturated rings. The molecule has 0 saturated carbocycles. The molecule has 2 saturated heterocycles. The van der Waals surface area contributed by atoms with Gasteiger partial charge in [0.1, 0.15) is 24.1 Å². The Balaban J connectivity index is 1.42. The minimum absolute atomic E-state index is 0.0117. The number of rotatable bonds is 5. The summed E-state index contributed by atoms with van der Waals surface area (Å²) in [5, 5.41) is 20.6. The predicted octanol–water partition coefficient (Wildman–Crippen LogP) is 0.143. The van der Waals surface area contributed by atoms with Crippen molar-refractivity contribution in [2.24, 2.45) is 0 Å². The summed E-state index contributed by atoms with van der Waals surface area (Å²) >= 11 is 0. The summed E-state index contributed by atoms with van der Waals surface area (Å²) < 4.78 is 35.5. The molecular weight excluding hydrogens is 419 g/mol. The monoisotopic (exact) mass is 440 g/mol. The van der Waals surface area contributed by atoms with E-state index < -0.39 is 50.8 Å². The maximum Gasteiger partial charge on any atom is 0.475 e. The van der Waals surface area contributed by atoms with Crippen LogP contribution in [0.15, 0.2) is 41.6 Å². The predicted molar refractivity (Wildman–Crippen MR) is 101 cm³/mol. The molecule has 6 atom stereocenters. The summed E-state index contributed by atoms with van der Waals surface area (Å²) in [5.74, 6) is 0.0117. The summed E-state index contributed by atoms with van der Waals surface area (Å²) in [4.78, 5) is 19.5. The third-order valence-corrected chi connectivity index (χ3v) is 6.30. The average Bonchev–Trinajstić information content (AvgIpc) is 3.01. The number of ether oxygens (including phenoxy) is 1. The number of aromatic nitrogens is 3. The van der Waals surface area contributed by atoms with E-state index in [0.29, 0.717) is 6.42 Å². The number of anilines is 1. The van der Waals surface area contributed by atoms with Gasteiger partial charge in [0.2, 0.25) is 0 Å². The van der Waals surface area contributed by atoms with E-state index >= 15 is 0 Å². The molecule has 2 aromatic heterocycles. The third kappa shape index (κ3) is 4.30. The van der Waals surface area contributed by atoms with E-state index in [1.54, 1.807) is 24.5 Å². The molecule has 2 aliphatic heterocycles. The molecule has 2 aromatic rings. The fraction of sp³-hybridized carbons (Fsp3) is 0.471. The van der Waals surface area contributed by atoms with E-state index in [0.717, 1.165) is 10.1 Å². The van der Waals surface area contributed by atoms with Crippen molar-refractivity contribution in [3.05, 3.63) is 52.8 Å². The Hall–Kier alpha value is -2.18. The minimum atomic E-state index is -3.93. The molecule has 162 valence electrons. The molecule has 0 bridgehead atoms. The van der Waals surface area contributed by atoms with Gasteiger partial charge in [0, 0.05) is 25.0 Å². The third-order valence-electron chi connectivity index (χ3n) is 4.82. The van der Waals surface area contributed by atoms with E-state index in [2.05, 4.69) is 9.97 Å². The Morgan fingerprint density at radius 2 is 2.03 bits per heavy atom. The highest BCUT2D eigenvalue weighted by Gasteiger charge is 2.46. The topological polar surface area (TPSA) is 168 Å². The molecule has 3 unspecified atom stereocenters. The van der Waals surface area contributed by atoms with Crippen LogP contribution in [-0.2, 0) is 22.9 Å². The number of nitrogens with zero attached hydrogens (tertiary/aromatic N) is 3. The van der Waals surface area contributed by atoms with Gasteiger partial charge >= 0.3 is 13.5 Å². The van der Waals surface area contributed by atoms with Crippen molar-refractivity contribution >= 4 is 13.6 Å². The first kappa shape index (κ1) is 21.1. The number of nitrogen functional groups attached to an aromatic ring is 1. The Bertz CT molecular complexity index is 989. The van der Waals surface area contributed by atoms with Gasteiger partial charge in [0.25, 0.3) is 0 Å². The molecule has 4 heterocycles. The van der Waals surface area contributed by atoms with Crippen LogP contribution in [0.5, 0.6) is 0 Å². The van der Waals surface area contributed by atoms with Crippen LogP contribution in [0.3, 0.4) is 0 Å². The zero-order chi connectivity index (χ0) is 21.3. The first-order valence-electron chi connectivity index (χ1n) is 9.20. The van der Waals surface area contributed by atoms with Crippen LogP contribution in [0.2, 0.25) is 0 Å². The number of phosphoric acid groups is 1. The van der Waals surface area contributed by atoms with Gasteiger partial charge in [-0.25, -0.2) is 9.36 Å². The maximum absolute atomic E-state index is 12.8.